The SMILES string of the molecule is Cc1cc(NC(=O)C(=O)N2C[C@H](C)CC[C@H]2c2ccc(S(C)(=O)=O)cc2)cnc1C. The van der Waals surface area contributed by atoms with Crippen LogP contribution in [0.2, 0.25) is 0 Å². The second-order valence-electron chi connectivity index (χ2n) is 8.08. The number of amides is 2. The molecule has 0 radical (unpaired) electrons. The van der Waals surface area contributed by atoms with Gasteiger partial charge in [0, 0.05) is 18.5 Å². The fourth-order valence-electron chi connectivity index (χ4n) is 3.69. The highest BCUT2D eigenvalue weighted by molar-refractivity contribution is 7.90. The van der Waals surface area contributed by atoms with E-state index in [9.17, 15) is 18.0 Å². The molecule has 1 saturated heterocycles. The van der Waals surface area contributed by atoms with E-state index in [1.807, 2.05) is 13.8 Å². The van der Waals surface area contributed by atoms with Crippen LogP contribution in [0.15, 0.2) is 41.4 Å². The minimum absolute atomic E-state index is 0.230. The summed E-state index contributed by atoms with van der Waals surface area (Å²) in [5.41, 5.74) is 3.09. The van der Waals surface area contributed by atoms with Gasteiger partial charge in [0.1, 0.15) is 0 Å². The molecule has 2 atom stereocenters. The van der Waals surface area contributed by atoms with Crippen molar-refractivity contribution in [3.63, 3.8) is 0 Å². The van der Waals surface area contributed by atoms with Gasteiger partial charge in [0.2, 0.25) is 0 Å². The molecule has 0 unspecified atom stereocenters. The summed E-state index contributed by atoms with van der Waals surface area (Å²) in [6.07, 6.45) is 4.33. The van der Waals surface area contributed by atoms with Gasteiger partial charge in [0.05, 0.1) is 22.8 Å². The number of carbonyl (C=O) groups is 2. The molecule has 160 valence electrons. The summed E-state index contributed by atoms with van der Waals surface area (Å²) in [5.74, 6) is -1.03. The number of carbonyl (C=O) groups excluding carboxylic acids is 2. The first kappa shape index (κ1) is 22.0. The van der Waals surface area contributed by atoms with Gasteiger partial charge in [-0.1, -0.05) is 19.1 Å². The average Bonchev–Trinajstić information content (AvgIpc) is 2.69. The second kappa shape index (κ2) is 8.55. The number of pyridine rings is 1. The molecule has 2 amide bonds. The Morgan fingerprint density at radius 2 is 1.80 bits per heavy atom. The fourth-order valence-corrected chi connectivity index (χ4v) is 4.32. The molecule has 1 fully saturated rings. The zero-order valence-corrected chi connectivity index (χ0v) is 18.5. The molecule has 0 bridgehead atoms. The maximum absolute atomic E-state index is 13.0. The predicted octanol–water partition coefficient (Wildman–Crippen LogP) is 3.04. The second-order valence-corrected chi connectivity index (χ2v) is 10.1. The normalized spacial score (nSPS) is 19.4. The number of hydrogen-bond donors (Lipinski definition) is 1. The van der Waals surface area contributed by atoms with Gasteiger partial charge in [-0.2, -0.15) is 0 Å². The van der Waals surface area contributed by atoms with Crippen LogP contribution in [-0.4, -0.2) is 42.9 Å². The summed E-state index contributed by atoms with van der Waals surface area (Å²) in [5, 5.41) is 2.65. The summed E-state index contributed by atoms with van der Waals surface area (Å²) in [6.45, 7) is 6.29. The number of piperidine rings is 1. The third kappa shape index (κ3) is 4.87. The Hall–Kier alpha value is -2.74. The number of hydrogen-bond acceptors (Lipinski definition) is 5. The van der Waals surface area contributed by atoms with E-state index in [1.54, 1.807) is 35.2 Å². The summed E-state index contributed by atoms with van der Waals surface area (Å²) in [4.78, 5) is 31.7. The van der Waals surface area contributed by atoms with E-state index >= 15 is 0 Å². The summed E-state index contributed by atoms with van der Waals surface area (Å²) in [7, 11) is -3.29. The zero-order chi connectivity index (χ0) is 22.1. The van der Waals surface area contributed by atoms with Crippen LogP contribution < -0.4 is 5.32 Å². The molecule has 2 heterocycles. The van der Waals surface area contributed by atoms with E-state index in [0.29, 0.717) is 18.7 Å². The molecule has 1 aromatic heterocycles. The summed E-state index contributed by atoms with van der Waals surface area (Å²) >= 11 is 0. The van der Waals surface area contributed by atoms with E-state index in [-0.39, 0.29) is 16.9 Å². The number of rotatable bonds is 3. The van der Waals surface area contributed by atoms with Crippen LogP contribution in [0.4, 0.5) is 5.69 Å². The third-order valence-corrected chi connectivity index (χ3v) is 6.69. The number of benzene rings is 1. The summed E-state index contributed by atoms with van der Waals surface area (Å²) in [6, 6.07) is 8.06. The van der Waals surface area contributed by atoms with Crippen molar-refractivity contribution in [1.29, 1.82) is 0 Å². The Morgan fingerprint density at radius 3 is 2.40 bits per heavy atom. The molecular weight excluding hydrogens is 402 g/mol. The van der Waals surface area contributed by atoms with Gasteiger partial charge in [0.15, 0.2) is 9.84 Å². The standard InChI is InChI=1S/C22H27N3O4S/c1-14-5-10-20(17-6-8-19(9-7-17)30(4,28)29)25(13-14)22(27)21(26)24-18-11-15(2)16(3)23-12-18/h6-9,11-12,14,20H,5,10,13H2,1-4H3,(H,24,26)/t14-,20+/m1/s1. The lowest BCUT2D eigenvalue weighted by molar-refractivity contribution is -0.146. The lowest BCUT2D eigenvalue weighted by Crippen LogP contribution is -2.46. The van der Waals surface area contributed by atoms with Gasteiger partial charge in [-0.25, -0.2) is 8.42 Å². The molecule has 1 N–H and O–H groups in total. The maximum atomic E-state index is 13.0. The Kier molecular flexibility index (Phi) is 6.26. The topological polar surface area (TPSA) is 96.4 Å². The van der Waals surface area contributed by atoms with Gasteiger partial charge < -0.3 is 10.2 Å². The van der Waals surface area contributed by atoms with Crippen LogP contribution in [0.1, 0.15) is 42.6 Å². The first-order chi connectivity index (χ1) is 14.1. The van der Waals surface area contributed by atoms with Crippen LogP contribution in [0.25, 0.3) is 0 Å². The van der Waals surface area contributed by atoms with Crippen molar-refractivity contribution in [2.24, 2.45) is 5.92 Å². The van der Waals surface area contributed by atoms with Crippen molar-refractivity contribution in [1.82, 2.24) is 9.88 Å². The van der Waals surface area contributed by atoms with Crippen LogP contribution >= 0.6 is 0 Å². The predicted molar refractivity (Wildman–Crippen MR) is 115 cm³/mol. The maximum Gasteiger partial charge on any atom is 0.313 e. The number of nitrogens with zero attached hydrogens (tertiary/aromatic N) is 2. The molecule has 0 aliphatic carbocycles. The van der Waals surface area contributed by atoms with Gasteiger partial charge in [-0.3, -0.25) is 14.6 Å². The number of anilines is 1. The molecule has 7 nitrogen and oxygen atoms in total. The van der Waals surface area contributed by atoms with E-state index in [1.165, 1.54) is 6.20 Å². The average molecular weight is 430 g/mol. The molecule has 1 aliphatic rings. The van der Waals surface area contributed by atoms with Crippen LogP contribution in [0.3, 0.4) is 0 Å². The number of likely N-dealkylation sites (tertiary alicyclic amines) is 1. The largest absolute Gasteiger partial charge is 0.327 e. The van der Waals surface area contributed by atoms with Crippen LogP contribution in [0.5, 0.6) is 0 Å². The Labute approximate surface area is 177 Å². The zero-order valence-electron chi connectivity index (χ0n) is 17.7. The number of nitrogens with one attached hydrogen (secondary N) is 1. The smallest absolute Gasteiger partial charge is 0.313 e. The summed E-state index contributed by atoms with van der Waals surface area (Å²) < 4.78 is 23.4. The lowest BCUT2D eigenvalue weighted by Gasteiger charge is -2.38. The highest BCUT2D eigenvalue weighted by atomic mass is 32.2. The molecule has 1 aromatic carbocycles. The van der Waals surface area contributed by atoms with Gasteiger partial charge in [-0.15, -0.1) is 0 Å². The Bertz CT molecular complexity index is 1060. The van der Waals surface area contributed by atoms with Crippen LogP contribution in [-0.2, 0) is 19.4 Å². The monoisotopic (exact) mass is 429 g/mol. The first-order valence-corrected chi connectivity index (χ1v) is 11.8. The molecule has 2 aromatic rings. The quantitative estimate of drug-likeness (QED) is 0.757. The van der Waals surface area contributed by atoms with Crippen molar-refractivity contribution in [3.8, 4) is 0 Å². The van der Waals surface area contributed by atoms with Crippen molar-refractivity contribution in [3.05, 3.63) is 53.3 Å². The lowest BCUT2D eigenvalue weighted by atomic mass is 9.90. The molecular formula is C22H27N3O4S. The van der Waals surface area contributed by atoms with Crippen molar-refractivity contribution in [2.45, 2.75) is 44.6 Å². The minimum Gasteiger partial charge on any atom is -0.327 e. The fraction of sp³-hybridized carbons (Fsp3) is 0.409. The highest BCUT2D eigenvalue weighted by Gasteiger charge is 2.34. The van der Waals surface area contributed by atoms with Crippen molar-refractivity contribution >= 4 is 27.3 Å². The van der Waals surface area contributed by atoms with Gasteiger partial charge >= 0.3 is 11.8 Å². The molecule has 8 heteroatoms. The van der Waals surface area contributed by atoms with E-state index in [0.717, 1.165) is 29.5 Å². The van der Waals surface area contributed by atoms with Gasteiger partial charge in [0.25, 0.3) is 0 Å². The van der Waals surface area contributed by atoms with Gasteiger partial charge in [-0.05, 0) is 61.9 Å². The number of aromatic nitrogens is 1. The third-order valence-electron chi connectivity index (χ3n) is 5.56. The minimum atomic E-state index is -3.29. The molecule has 3 rings (SSSR count). The molecule has 30 heavy (non-hydrogen) atoms. The highest BCUT2D eigenvalue weighted by Crippen LogP contribution is 2.34. The molecule has 0 spiro atoms. The number of aryl methyl sites for hydroxylation is 2. The van der Waals surface area contributed by atoms with Crippen molar-refractivity contribution < 1.29 is 18.0 Å². The molecule has 1 aliphatic heterocycles. The van der Waals surface area contributed by atoms with Crippen molar-refractivity contribution in [2.75, 3.05) is 18.1 Å². The van der Waals surface area contributed by atoms with E-state index in [2.05, 4.69) is 17.2 Å². The Balaban J connectivity index is 1.81. The Morgan fingerprint density at radius 1 is 1.13 bits per heavy atom. The molecule has 0 saturated carbocycles. The number of sulfone groups is 1. The van der Waals surface area contributed by atoms with E-state index < -0.39 is 21.7 Å². The first-order valence-electron chi connectivity index (χ1n) is 9.91. The van der Waals surface area contributed by atoms with Crippen LogP contribution in [0, 0.1) is 19.8 Å². The van der Waals surface area contributed by atoms with E-state index in [4.69, 9.17) is 0 Å².